The highest BCUT2D eigenvalue weighted by Gasteiger charge is 2.34. The quantitative estimate of drug-likeness (QED) is 0.630. The van der Waals surface area contributed by atoms with Gasteiger partial charge in [-0.2, -0.15) is 0 Å². The largest absolute Gasteiger partial charge is 0.327 e. The van der Waals surface area contributed by atoms with Crippen LogP contribution >= 0.6 is 11.6 Å². The lowest BCUT2D eigenvalue weighted by atomic mass is 10.0. The van der Waals surface area contributed by atoms with Crippen molar-refractivity contribution in [3.05, 3.63) is 100 Å². The van der Waals surface area contributed by atoms with Crippen LogP contribution in [0.1, 0.15) is 33.9 Å². The minimum Gasteiger partial charge on any atom is -0.327 e. The van der Waals surface area contributed by atoms with Crippen LogP contribution in [0.15, 0.2) is 72.8 Å². The predicted octanol–water partition coefficient (Wildman–Crippen LogP) is 5.21. The van der Waals surface area contributed by atoms with E-state index in [1.807, 2.05) is 18.2 Å². The number of amides is 2. The van der Waals surface area contributed by atoms with Crippen molar-refractivity contribution < 1.29 is 14.0 Å². The number of hydrogen-bond acceptors (Lipinski definition) is 2. The number of hydrogen-bond donors (Lipinski definition) is 1. The molecule has 146 valence electrons. The summed E-state index contributed by atoms with van der Waals surface area (Å²) in [5.41, 5.74) is 2.88. The Morgan fingerprint density at radius 3 is 2.41 bits per heavy atom. The van der Waals surface area contributed by atoms with Crippen LogP contribution in [-0.4, -0.2) is 16.7 Å². The van der Waals surface area contributed by atoms with Gasteiger partial charge in [-0.25, -0.2) is 4.39 Å². The third-order valence-corrected chi connectivity index (χ3v) is 5.24. The maximum atomic E-state index is 13.4. The second kappa shape index (κ2) is 8.05. The molecule has 1 atom stereocenters. The molecule has 1 aliphatic heterocycles. The van der Waals surface area contributed by atoms with Gasteiger partial charge < -0.3 is 10.2 Å². The Bertz CT molecular complexity index is 1050. The van der Waals surface area contributed by atoms with Crippen molar-refractivity contribution >= 4 is 29.1 Å². The summed E-state index contributed by atoms with van der Waals surface area (Å²) >= 11 is 5.88. The van der Waals surface area contributed by atoms with Gasteiger partial charge in [0.05, 0.1) is 12.5 Å². The van der Waals surface area contributed by atoms with Crippen LogP contribution in [0, 0.1) is 5.82 Å². The van der Waals surface area contributed by atoms with Gasteiger partial charge in [0.15, 0.2) is 0 Å². The number of anilines is 1. The lowest BCUT2D eigenvalue weighted by molar-refractivity contribution is -0.117. The van der Waals surface area contributed by atoms with Crippen molar-refractivity contribution in [1.29, 1.82) is 0 Å². The molecule has 1 N–H and O–H groups in total. The van der Waals surface area contributed by atoms with E-state index in [4.69, 9.17) is 11.6 Å². The Labute approximate surface area is 172 Å². The lowest BCUT2D eigenvalue weighted by Gasteiger charge is -2.28. The monoisotopic (exact) mass is 408 g/mol. The van der Waals surface area contributed by atoms with Crippen molar-refractivity contribution in [3.8, 4) is 0 Å². The molecule has 1 aliphatic rings. The SMILES string of the molecule is O=C(C[C@@H](c1ccc(F)cc1)N1Cc2ccccc2C1=O)Nc1ccc(Cl)cc1. The normalized spacial score (nSPS) is 13.9. The second-order valence-electron chi connectivity index (χ2n) is 6.92. The van der Waals surface area contributed by atoms with Crippen LogP contribution in [0.3, 0.4) is 0 Å². The number of nitrogens with one attached hydrogen (secondary N) is 1. The van der Waals surface area contributed by atoms with Crippen molar-refractivity contribution in [2.75, 3.05) is 5.32 Å². The summed E-state index contributed by atoms with van der Waals surface area (Å²) in [6.45, 7) is 0.408. The Morgan fingerprint density at radius 2 is 1.72 bits per heavy atom. The van der Waals surface area contributed by atoms with Crippen LogP contribution in [0.25, 0.3) is 0 Å². The van der Waals surface area contributed by atoms with E-state index in [0.29, 0.717) is 28.4 Å². The molecule has 0 radical (unpaired) electrons. The van der Waals surface area contributed by atoms with Crippen molar-refractivity contribution in [2.45, 2.75) is 19.0 Å². The molecular formula is C23H18ClFN2O2. The summed E-state index contributed by atoms with van der Waals surface area (Å²) in [6, 6.07) is 19.6. The minimum absolute atomic E-state index is 0.0496. The maximum absolute atomic E-state index is 13.4. The molecule has 29 heavy (non-hydrogen) atoms. The molecule has 6 heteroatoms. The van der Waals surface area contributed by atoms with E-state index in [0.717, 1.165) is 5.56 Å². The van der Waals surface area contributed by atoms with Gasteiger partial charge in [-0.3, -0.25) is 9.59 Å². The van der Waals surface area contributed by atoms with Gasteiger partial charge in [-0.1, -0.05) is 41.9 Å². The first kappa shape index (κ1) is 19.2. The number of halogens is 2. The summed E-state index contributed by atoms with van der Waals surface area (Å²) in [7, 11) is 0. The average Bonchev–Trinajstić information content (AvgIpc) is 3.05. The highest BCUT2D eigenvalue weighted by molar-refractivity contribution is 6.30. The van der Waals surface area contributed by atoms with Gasteiger partial charge in [-0.05, 0) is 53.6 Å². The summed E-state index contributed by atoms with van der Waals surface area (Å²) in [6.07, 6.45) is 0.0496. The molecule has 3 aromatic carbocycles. The zero-order valence-electron chi connectivity index (χ0n) is 15.4. The van der Waals surface area contributed by atoms with Gasteiger partial charge >= 0.3 is 0 Å². The first-order valence-corrected chi connectivity index (χ1v) is 9.59. The molecule has 0 unspecified atom stereocenters. The average molecular weight is 409 g/mol. The molecule has 0 spiro atoms. The van der Waals surface area contributed by atoms with Crippen LogP contribution in [0.4, 0.5) is 10.1 Å². The van der Waals surface area contributed by atoms with Gasteiger partial charge in [0.2, 0.25) is 5.91 Å². The summed E-state index contributed by atoms with van der Waals surface area (Å²) < 4.78 is 13.4. The molecule has 1 heterocycles. The number of rotatable bonds is 5. The molecule has 0 bridgehead atoms. The van der Waals surface area contributed by atoms with Gasteiger partial charge in [0, 0.05) is 22.8 Å². The lowest BCUT2D eigenvalue weighted by Crippen LogP contribution is -2.32. The Morgan fingerprint density at radius 1 is 1.03 bits per heavy atom. The van der Waals surface area contributed by atoms with Crippen LogP contribution in [-0.2, 0) is 11.3 Å². The number of carbonyl (C=O) groups is 2. The molecule has 0 aromatic heterocycles. The van der Waals surface area contributed by atoms with E-state index in [2.05, 4.69) is 5.32 Å². The fourth-order valence-electron chi connectivity index (χ4n) is 3.54. The van der Waals surface area contributed by atoms with E-state index in [1.54, 1.807) is 47.4 Å². The van der Waals surface area contributed by atoms with Crippen LogP contribution < -0.4 is 5.32 Å². The first-order valence-electron chi connectivity index (χ1n) is 9.21. The first-order chi connectivity index (χ1) is 14.0. The molecule has 3 aromatic rings. The Hall–Kier alpha value is -3.18. The fraction of sp³-hybridized carbons (Fsp3) is 0.130. The number of fused-ring (bicyclic) bond motifs is 1. The Kier molecular flexibility index (Phi) is 5.32. The zero-order chi connectivity index (χ0) is 20.4. The summed E-state index contributed by atoms with van der Waals surface area (Å²) in [4.78, 5) is 27.4. The predicted molar refractivity (Wildman–Crippen MR) is 110 cm³/mol. The molecule has 0 saturated carbocycles. The van der Waals surface area contributed by atoms with E-state index in [1.165, 1.54) is 12.1 Å². The van der Waals surface area contributed by atoms with Crippen LogP contribution in [0.2, 0.25) is 5.02 Å². The van der Waals surface area contributed by atoms with E-state index < -0.39 is 6.04 Å². The Balaban J connectivity index is 1.59. The maximum Gasteiger partial charge on any atom is 0.255 e. The fourth-order valence-corrected chi connectivity index (χ4v) is 3.67. The molecule has 0 aliphatic carbocycles. The van der Waals surface area contributed by atoms with E-state index in [9.17, 15) is 14.0 Å². The third kappa shape index (κ3) is 4.15. The van der Waals surface area contributed by atoms with Gasteiger partial charge in [0.25, 0.3) is 5.91 Å². The number of carbonyl (C=O) groups excluding carboxylic acids is 2. The van der Waals surface area contributed by atoms with E-state index >= 15 is 0 Å². The molecule has 4 rings (SSSR count). The molecule has 2 amide bonds. The zero-order valence-corrected chi connectivity index (χ0v) is 16.2. The molecular weight excluding hydrogens is 391 g/mol. The summed E-state index contributed by atoms with van der Waals surface area (Å²) in [5.74, 6) is -0.742. The van der Waals surface area contributed by atoms with Gasteiger partial charge in [-0.15, -0.1) is 0 Å². The van der Waals surface area contributed by atoms with E-state index in [-0.39, 0.29) is 24.1 Å². The van der Waals surface area contributed by atoms with Crippen molar-refractivity contribution in [2.24, 2.45) is 0 Å². The topological polar surface area (TPSA) is 49.4 Å². The number of nitrogens with zero attached hydrogens (tertiary/aromatic N) is 1. The highest BCUT2D eigenvalue weighted by Crippen LogP contribution is 2.33. The van der Waals surface area contributed by atoms with Crippen LogP contribution in [0.5, 0.6) is 0 Å². The molecule has 0 fully saturated rings. The molecule has 0 saturated heterocycles. The minimum atomic E-state index is -0.511. The van der Waals surface area contributed by atoms with Crippen molar-refractivity contribution in [1.82, 2.24) is 4.90 Å². The van der Waals surface area contributed by atoms with Crippen molar-refractivity contribution in [3.63, 3.8) is 0 Å². The molecule has 4 nitrogen and oxygen atoms in total. The summed E-state index contributed by atoms with van der Waals surface area (Å²) in [5, 5.41) is 3.41. The number of benzene rings is 3. The van der Waals surface area contributed by atoms with Gasteiger partial charge in [0.1, 0.15) is 5.82 Å². The smallest absolute Gasteiger partial charge is 0.255 e. The standard InChI is InChI=1S/C23H18ClFN2O2/c24-17-7-11-19(12-8-17)26-22(28)13-21(15-5-9-18(25)10-6-15)27-14-16-3-1-2-4-20(16)23(27)29/h1-12,21H,13-14H2,(H,26,28)/t21-/m0/s1. The second-order valence-corrected chi connectivity index (χ2v) is 7.35. The third-order valence-electron chi connectivity index (χ3n) is 4.99. The highest BCUT2D eigenvalue weighted by atomic mass is 35.5.